The minimum absolute atomic E-state index is 0.0199. The van der Waals surface area contributed by atoms with Crippen molar-refractivity contribution in [3.63, 3.8) is 0 Å². The molecule has 0 bridgehead atoms. The molecule has 3 aromatic heterocycles. The van der Waals surface area contributed by atoms with Gasteiger partial charge in [-0.15, -0.1) is 0 Å². The lowest BCUT2D eigenvalue weighted by molar-refractivity contribution is 0.0686. The number of aliphatic hydroxyl groups excluding tert-OH is 1. The Labute approximate surface area is 234 Å². The number of fused-ring (bicyclic) bond motifs is 1. The van der Waals surface area contributed by atoms with Gasteiger partial charge >= 0.3 is 11.7 Å². The number of phenols is 1. The number of phenolic OH excluding ortho intramolecular Hbond substituents is 1. The van der Waals surface area contributed by atoms with Crippen LogP contribution in [0.2, 0.25) is 0 Å². The van der Waals surface area contributed by atoms with Crippen LogP contribution in [-0.2, 0) is 13.6 Å². The van der Waals surface area contributed by atoms with Crippen LogP contribution in [0.4, 0.5) is 0 Å². The first-order chi connectivity index (χ1) is 19.7. The van der Waals surface area contributed by atoms with E-state index in [-0.39, 0.29) is 28.9 Å². The lowest BCUT2D eigenvalue weighted by Gasteiger charge is -2.16. The molecule has 1 atom stereocenters. The highest BCUT2D eigenvalue weighted by atomic mass is 16.4. The number of carboxylic acids is 1. The highest BCUT2D eigenvalue weighted by molar-refractivity contribution is 5.85. The second-order valence-corrected chi connectivity index (χ2v) is 10.2. The van der Waals surface area contributed by atoms with Crippen LogP contribution in [0.15, 0.2) is 78.4 Å². The fourth-order valence-electron chi connectivity index (χ4n) is 5.52. The van der Waals surface area contributed by atoms with Gasteiger partial charge in [0.1, 0.15) is 23.0 Å². The summed E-state index contributed by atoms with van der Waals surface area (Å²) in [4.78, 5) is 36.3. The summed E-state index contributed by atoms with van der Waals surface area (Å²) in [5, 5.41) is 30.0. The molecule has 208 valence electrons. The molecule has 0 saturated carbocycles. The van der Waals surface area contributed by atoms with E-state index in [4.69, 9.17) is 0 Å². The van der Waals surface area contributed by atoms with Crippen molar-refractivity contribution in [3.8, 4) is 22.6 Å². The van der Waals surface area contributed by atoms with E-state index >= 15 is 0 Å². The summed E-state index contributed by atoms with van der Waals surface area (Å²) in [6, 6.07) is 15.7. The Morgan fingerprint density at radius 3 is 2.51 bits per heavy atom. The van der Waals surface area contributed by atoms with Crippen molar-refractivity contribution in [3.05, 3.63) is 101 Å². The molecule has 0 spiro atoms. The van der Waals surface area contributed by atoms with Crippen LogP contribution in [0.1, 0.15) is 34.3 Å². The standard InChI is InChI=1S/C30H28N6O5/c1-18(37)19-5-7-20(8-6-19)21-9-10-23(26(38)14-21)36-24-4-3-12-31-28(24)35(30(36)41)22-11-13-34(16-22)17-27-32-15-25(29(39)40)33(27)2/h3-10,12,14-15,22,37-38H,1,11,13,16-17H2,2H3,(H,39,40)/t22-/m0/s1. The Bertz CT molecular complexity index is 1870. The number of aromatic carboxylic acids is 1. The Morgan fingerprint density at radius 1 is 1.07 bits per heavy atom. The molecule has 0 unspecified atom stereocenters. The summed E-state index contributed by atoms with van der Waals surface area (Å²) in [5.74, 6) is -0.469. The molecular weight excluding hydrogens is 524 g/mol. The van der Waals surface area contributed by atoms with Gasteiger partial charge in [-0.05, 0) is 41.8 Å². The molecular formula is C30H28N6O5. The zero-order valence-corrected chi connectivity index (χ0v) is 22.3. The summed E-state index contributed by atoms with van der Waals surface area (Å²) in [5.41, 5.74) is 3.47. The molecule has 6 rings (SSSR count). The number of rotatable bonds is 7. The largest absolute Gasteiger partial charge is 0.508 e. The number of aromatic nitrogens is 5. The van der Waals surface area contributed by atoms with Crippen molar-refractivity contribution in [2.45, 2.75) is 19.0 Å². The number of benzene rings is 2. The van der Waals surface area contributed by atoms with Crippen LogP contribution in [0.5, 0.6) is 5.75 Å². The molecule has 1 aliphatic heterocycles. The monoisotopic (exact) mass is 552 g/mol. The molecule has 3 N–H and O–H groups in total. The molecule has 11 nitrogen and oxygen atoms in total. The average Bonchev–Trinajstić information content (AvgIpc) is 3.64. The fourth-order valence-corrected chi connectivity index (χ4v) is 5.52. The lowest BCUT2D eigenvalue weighted by Crippen LogP contribution is -2.29. The van der Waals surface area contributed by atoms with E-state index in [1.807, 2.05) is 24.3 Å². The van der Waals surface area contributed by atoms with Crippen molar-refractivity contribution in [1.82, 2.24) is 28.6 Å². The van der Waals surface area contributed by atoms with Gasteiger partial charge in [0.2, 0.25) is 0 Å². The number of aromatic hydroxyl groups is 1. The van der Waals surface area contributed by atoms with E-state index in [9.17, 15) is 24.9 Å². The molecule has 41 heavy (non-hydrogen) atoms. The quantitative estimate of drug-likeness (QED) is 0.258. The van der Waals surface area contributed by atoms with Crippen LogP contribution in [0, 0.1) is 0 Å². The van der Waals surface area contributed by atoms with E-state index in [1.54, 1.807) is 52.7 Å². The summed E-state index contributed by atoms with van der Waals surface area (Å²) >= 11 is 0. The maximum Gasteiger partial charge on any atom is 0.354 e. The number of hydrogen-bond acceptors (Lipinski definition) is 7. The van der Waals surface area contributed by atoms with Crippen LogP contribution in [-0.4, -0.2) is 62.9 Å². The number of carboxylic acid groups (broad SMARTS) is 1. The summed E-state index contributed by atoms with van der Waals surface area (Å²) in [7, 11) is 1.68. The highest BCUT2D eigenvalue weighted by Crippen LogP contribution is 2.32. The van der Waals surface area contributed by atoms with Crippen molar-refractivity contribution in [1.29, 1.82) is 0 Å². The normalized spacial score (nSPS) is 15.5. The van der Waals surface area contributed by atoms with Crippen molar-refractivity contribution >= 4 is 22.9 Å². The number of likely N-dealkylation sites (tertiary alicyclic amines) is 1. The molecule has 1 saturated heterocycles. The molecule has 2 aromatic carbocycles. The predicted molar refractivity (Wildman–Crippen MR) is 153 cm³/mol. The maximum absolute atomic E-state index is 13.9. The molecule has 4 heterocycles. The Morgan fingerprint density at radius 2 is 1.83 bits per heavy atom. The first kappa shape index (κ1) is 26.1. The topological polar surface area (TPSA) is 139 Å². The van der Waals surface area contributed by atoms with Gasteiger partial charge in [-0.2, -0.15) is 0 Å². The fraction of sp³-hybridized carbons (Fsp3) is 0.200. The third-order valence-electron chi connectivity index (χ3n) is 7.68. The van der Waals surface area contributed by atoms with E-state index < -0.39 is 5.97 Å². The minimum atomic E-state index is -1.03. The van der Waals surface area contributed by atoms with Crippen LogP contribution < -0.4 is 5.69 Å². The summed E-state index contributed by atoms with van der Waals surface area (Å²) < 4.78 is 4.74. The molecule has 1 fully saturated rings. The number of nitrogens with zero attached hydrogens (tertiary/aromatic N) is 6. The summed E-state index contributed by atoms with van der Waals surface area (Å²) in [6.07, 6.45) is 3.70. The Kier molecular flexibility index (Phi) is 6.43. The van der Waals surface area contributed by atoms with E-state index in [2.05, 4.69) is 21.4 Å². The lowest BCUT2D eigenvalue weighted by atomic mass is 10.0. The Balaban J connectivity index is 1.32. The van der Waals surface area contributed by atoms with Crippen LogP contribution >= 0.6 is 0 Å². The zero-order valence-electron chi connectivity index (χ0n) is 22.3. The van der Waals surface area contributed by atoms with E-state index in [0.29, 0.717) is 54.3 Å². The summed E-state index contributed by atoms with van der Waals surface area (Å²) in [6.45, 7) is 5.25. The van der Waals surface area contributed by atoms with Gasteiger partial charge in [-0.25, -0.2) is 19.6 Å². The minimum Gasteiger partial charge on any atom is -0.508 e. The molecule has 1 aliphatic rings. The zero-order chi connectivity index (χ0) is 28.8. The second kappa shape index (κ2) is 10.1. The van der Waals surface area contributed by atoms with Gasteiger partial charge in [-0.3, -0.25) is 14.0 Å². The number of imidazole rings is 2. The first-order valence-corrected chi connectivity index (χ1v) is 13.1. The average molecular weight is 553 g/mol. The molecule has 11 heteroatoms. The van der Waals surface area contributed by atoms with Crippen molar-refractivity contribution in [2.24, 2.45) is 7.05 Å². The van der Waals surface area contributed by atoms with Crippen LogP contribution in [0.3, 0.4) is 0 Å². The SMILES string of the molecule is C=C(O)c1ccc(-c2ccc(-n3c(=O)n([C@H]4CCN(Cc5ncc(C(=O)O)n5C)C4)c4ncccc43)c(O)c2)cc1. The number of hydrogen-bond donors (Lipinski definition) is 3. The number of aliphatic hydroxyl groups is 1. The van der Waals surface area contributed by atoms with Gasteiger partial charge in [-0.1, -0.05) is 36.9 Å². The van der Waals surface area contributed by atoms with Gasteiger partial charge < -0.3 is 19.9 Å². The third kappa shape index (κ3) is 4.55. The molecule has 0 radical (unpaired) electrons. The number of pyridine rings is 1. The molecule has 0 aliphatic carbocycles. The van der Waals surface area contributed by atoms with Crippen molar-refractivity contribution in [2.75, 3.05) is 13.1 Å². The number of carbonyl (C=O) groups is 1. The second-order valence-electron chi connectivity index (χ2n) is 10.2. The smallest absolute Gasteiger partial charge is 0.354 e. The predicted octanol–water partition coefficient (Wildman–Crippen LogP) is 3.97. The van der Waals surface area contributed by atoms with Gasteiger partial charge in [0.05, 0.1) is 30.0 Å². The van der Waals surface area contributed by atoms with Crippen LogP contribution in [0.25, 0.3) is 33.7 Å². The third-order valence-corrected chi connectivity index (χ3v) is 7.68. The van der Waals surface area contributed by atoms with E-state index in [1.165, 1.54) is 10.8 Å². The first-order valence-electron chi connectivity index (χ1n) is 13.1. The maximum atomic E-state index is 13.9. The molecule has 5 aromatic rings. The Hall–Kier alpha value is -5.16. The molecule has 0 amide bonds. The van der Waals surface area contributed by atoms with Crippen molar-refractivity contribution < 1.29 is 20.1 Å². The van der Waals surface area contributed by atoms with Gasteiger partial charge in [0.15, 0.2) is 5.65 Å². The van der Waals surface area contributed by atoms with Gasteiger partial charge in [0, 0.05) is 31.9 Å². The van der Waals surface area contributed by atoms with E-state index in [0.717, 1.165) is 11.1 Å². The highest BCUT2D eigenvalue weighted by Gasteiger charge is 2.30. The van der Waals surface area contributed by atoms with Gasteiger partial charge in [0.25, 0.3) is 0 Å².